The largest absolute Gasteiger partial charge is 0.456 e. The van der Waals surface area contributed by atoms with Gasteiger partial charge in [-0.2, -0.15) is 0 Å². The van der Waals surface area contributed by atoms with Crippen molar-refractivity contribution < 1.29 is 13.3 Å². The lowest BCUT2D eigenvalue weighted by molar-refractivity contribution is 0.634. The van der Waals surface area contributed by atoms with Gasteiger partial charge < -0.3 is 28.0 Å². The molecule has 0 bridgehead atoms. The van der Waals surface area contributed by atoms with Gasteiger partial charge in [-0.3, -0.25) is 0 Å². The van der Waals surface area contributed by atoms with Crippen molar-refractivity contribution in [2.24, 2.45) is 4.90 Å². The van der Waals surface area contributed by atoms with E-state index in [0.29, 0.717) is 0 Å². The first-order valence-electron chi connectivity index (χ1n) is 12.2. The van der Waals surface area contributed by atoms with Crippen molar-refractivity contribution in [2.75, 3.05) is 36.0 Å². The second-order valence-electron chi connectivity index (χ2n) is 8.70. The Balaban J connectivity index is 1.87. The normalized spacial score (nSPS) is 12.1. The molecule has 0 atom stereocenters. The molecule has 7 heteroatoms. The smallest absolute Gasteiger partial charge is 0.245 e. The van der Waals surface area contributed by atoms with Crippen molar-refractivity contribution >= 4 is 74.4 Å². The van der Waals surface area contributed by atoms with Gasteiger partial charge in [-0.05, 0) is 27.7 Å². The van der Waals surface area contributed by atoms with Gasteiger partial charge in [0.05, 0.1) is 16.2 Å². The number of nitrogens with zero attached hydrogens (tertiary/aromatic N) is 3. The van der Waals surface area contributed by atoms with E-state index in [-0.39, 0.29) is 0 Å². The maximum Gasteiger partial charge on any atom is 0.245 e. The van der Waals surface area contributed by atoms with E-state index >= 15 is 0 Å². The quantitative estimate of drug-likeness (QED) is 0.181. The molecule has 6 rings (SSSR count). The van der Waals surface area contributed by atoms with Gasteiger partial charge in [0.2, 0.25) is 7.98 Å². The lowest BCUT2D eigenvalue weighted by Gasteiger charge is -2.24. The molecule has 0 aliphatic heterocycles. The summed E-state index contributed by atoms with van der Waals surface area (Å²) in [5.74, 6) is 0. The number of anilines is 2. The highest BCUT2D eigenvalue weighted by atomic mass is 16.4. The Labute approximate surface area is 198 Å². The monoisotopic (exact) mass is 453 g/mol. The summed E-state index contributed by atoms with van der Waals surface area (Å²) in [6, 6.07) is 12.5. The maximum absolute atomic E-state index is 6.60. The second-order valence-corrected chi connectivity index (χ2v) is 8.70. The van der Waals surface area contributed by atoms with Gasteiger partial charge in [-0.1, -0.05) is 0 Å². The van der Waals surface area contributed by atoms with Crippen LogP contribution in [-0.2, 0) is 0 Å². The van der Waals surface area contributed by atoms with E-state index in [1.54, 1.807) is 7.98 Å². The summed E-state index contributed by atoms with van der Waals surface area (Å²) in [6.45, 7) is 12.3. The third kappa shape index (κ3) is 2.85. The second kappa shape index (κ2) is 7.72. The van der Waals surface area contributed by atoms with Gasteiger partial charge in [0.25, 0.3) is 0 Å². The van der Waals surface area contributed by atoms with Crippen LogP contribution in [0.25, 0.3) is 55.0 Å². The Morgan fingerprint density at radius 2 is 0.882 bits per heavy atom. The van der Waals surface area contributed by atoms with Crippen LogP contribution in [0.5, 0.6) is 0 Å². The van der Waals surface area contributed by atoms with Crippen molar-refractivity contribution in [3.8, 4) is 0 Å². The van der Waals surface area contributed by atoms with Crippen molar-refractivity contribution in [2.45, 2.75) is 27.7 Å². The minimum Gasteiger partial charge on any atom is -0.456 e. The molecule has 0 amide bonds. The lowest BCUT2D eigenvalue weighted by Crippen LogP contribution is -2.21. The molecule has 0 radical (unpaired) electrons. The van der Waals surface area contributed by atoms with Crippen LogP contribution in [0.2, 0.25) is 0 Å². The Kier molecular flexibility index (Phi) is 4.76. The topological polar surface area (TPSA) is 58.3 Å². The Morgan fingerprint density at radius 1 is 0.559 bits per heavy atom. The molecule has 6 nitrogen and oxygen atoms in total. The highest BCUT2D eigenvalue weighted by Gasteiger charge is 2.23. The molecule has 0 N–H and O–H groups in total. The fourth-order valence-corrected chi connectivity index (χ4v) is 5.35. The summed E-state index contributed by atoms with van der Waals surface area (Å²) >= 11 is 0. The Morgan fingerprint density at radius 3 is 1.18 bits per heavy atom. The summed E-state index contributed by atoms with van der Waals surface area (Å²) in [6.07, 6.45) is 0. The highest BCUT2D eigenvalue weighted by Crippen LogP contribution is 2.45. The van der Waals surface area contributed by atoms with Crippen LogP contribution in [0.3, 0.4) is 0 Å². The van der Waals surface area contributed by atoms with Gasteiger partial charge in [0.1, 0.15) is 33.5 Å². The van der Waals surface area contributed by atoms with E-state index in [0.717, 1.165) is 98.0 Å². The van der Waals surface area contributed by atoms with Crippen LogP contribution in [0, 0.1) is 0 Å². The van der Waals surface area contributed by atoms with Crippen LogP contribution in [0.4, 0.5) is 11.4 Å². The lowest BCUT2D eigenvalue weighted by atomic mass is 9.98. The number of hydrogen-bond acceptors (Lipinski definition) is 6. The zero-order valence-electron chi connectivity index (χ0n) is 20.4. The predicted octanol–water partition coefficient (Wildman–Crippen LogP) is 5.81. The first kappa shape index (κ1) is 21.0. The molecule has 0 aliphatic carbocycles. The summed E-state index contributed by atoms with van der Waals surface area (Å²) in [4.78, 5) is 9.03. The van der Waals surface area contributed by atoms with Crippen molar-refractivity contribution in [1.82, 2.24) is 0 Å². The molecule has 0 unspecified atom stereocenters. The minimum atomic E-state index is 0.773. The molecule has 0 spiro atoms. The standard InChI is InChI=1S/C27H28BN3O3/c1-5-30(6-2)16-11-20-25-22(13-16)34-23-14-17(31(7-3)8-4)12-21-26(23)27(25)24-18(32-20)9-15(29-28)10-19(24)33-21/h9-14H,5-8,28H2,1-4H3. The van der Waals surface area contributed by atoms with Crippen molar-refractivity contribution in [1.29, 1.82) is 0 Å². The van der Waals surface area contributed by atoms with Crippen LogP contribution in [-0.4, -0.2) is 34.2 Å². The predicted molar refractivity (Wildman–Crippen MR) is 143 cm³/mol. The summed E-state index contributed by atoms with van der Waals surface area (Å²) in [7, 11) is 1.79. The van der Waals surface area contributed by atoms with Gasteiger partial charge in [-0.15, -0.1) is 0 Å². The van der Waals surface area contributed by atoms with Crippen molar-refractivity contribution in [3.63, 3.8) is 0 Å². The molecule has 34 heavy (non-hydrogen) atoms. The zero-order valence-corrected chi connectivity index (χ0v) is 20.4. The minimum absolute atomic E-state index is 0.773. The molecule has 3 aromatic heterocycles. The Bertz CT molecular complexity index is 1620. The first-order valence-corrected chi connectivity index (χ1v) is 12.2. The highest BCUT2D eigenvalue weighted by molar-refractivity contribution is 6.32. The van der Waals surface area contributed by atoms with Gasteiger partial charge in [0, 0.05) is 84.7 Å². The molecule has 6 aromatic rings. The SMILES string of the molecule is BN=c1cc2oc3cc(N(CC)CC)cc4oc5cc(N(CC)CC)cc6oc(c1)c2c(c43)c56. The molecular weight excluding hydrogens is 425 g/mol. The molecule has 0 aliphatic rings. The fraction of sp³-hybridized carbons (Fsp3) is 0.296. The third-order valence-electron chi connectivity index (χ3n) is 7.08. The van der Waals surface area contributed by atoms with E-state index in [2.05, 4.69) is 66.7 Å². The molecule has 0 fully saturated rings. The van der Waals surface area contributed by atoms with Crippen molar-refractivity contribution in [3.05, 3.63) is 41.8 Å². The Hall–Kier alpha value is -3.61. The molecule has 0 saturated carbocycles. The van der Waals surface area contributed by atoms with Gasteiger partial charge >= 0.3 is 0 Å². The number of hydrogen-bond donors (Lipinski definition) is 0. The third-order valence-corrected chi connectivity index (χ3v) is 7.08. The molecular formula is C27H28BN3O3. The number of rotatable bonds is 6. The van der Waals surface area contributed by atoms with Crippen LogP contribution in [0.15, 0.2) is 54.6 Å². The molecule has 3 aromatic carbocycles. The molecule has 172 valence electrons. The fourth-order valence-electron chi connectivity index (χ4n) is 5.35. The van der Waals surface area contributed by atoms with Gasteiger partial charge in [0.15, 0.2) is 0 Å². The van der Waals surface area contributed by atoms with Gasteiger partial charge in [-0.25, -0.2) is 0 Å². The number of benzene rings is 3. The zero-order chi connectivity index (χ0) is 23.6. The summed E-state index contributed by atoms with van der Waals surface area (Å²) in [5, 5.41) is 4.93. The summed E-state index contributed by atoms with van der Waals surface area (Å²) < 4.78 is 19.6. The maximum atomic E-state index is 6.60. The first-order chi connectivity index (χ1) is 16.6. The van der Waals surface area contributed by atoms with Crippen LogP contribution < -0.4 is 15.2 Å². The van der Waals surface area contributed by atoms with E-state index in [4.69, 9.17) is 13.3 Å². The average Bonchev–Trinajstić information content (AvgIpc) is 2.84. The van der Waals surface area contributed by atoms with Crippen LogP contribution >= 0.6 is 0 Å². The summed E-state index contributed by atoms with van der Waals surface area (Å²) in [5.41, 5.74) is 7.01. The van der Waals surface area contributed by atoms with E-state index in [9.17, 15) is 0 Å². The van der Waals surface area contributed by atoms with Crippen LogP contribution in [0.1, 0.15) is 27.7 Å². The van der Waals surface area contributed by atoms with E-state index in [1.807, 2.05) is 12.1 Å². The molecule has 3 heterocycles. The molecule has 0 saturated heterocycles. The average molecular weight is 453 g/mol. The van der Waals surface area contributed by atoms with E-state index < -0.39 is 0 Å². The van der Waals surface area contributed by atoms with E-state index in [1.165, 1.54) is 0 Å².